The Morgan fingerprint density at radius 2 is 1.67 bits per heavy atom. The van der Waals surface area contributed by atoms with Crippen LogP contribution in [0.5, 0.6) is 0 Å². The minimum absolute atomic E-state index is 0.487. The summed E-state index contributed by atoms with van der Waals surface area (Å²) in [7, 11) is 0. The zero-order valence-electron chi connectivity index (χ0n) is 8.09. The second-order valence-electron chi connectivity index (χ2n) is 3.21. The molecule has 0 aliphatic heterocycles. The van der Waals surface area contributed by atoms with Crippen LogP contribution < -0.4 is 5.73 Å². The molecule has 2 aromatic rings. The number of anilines is 1. The topological polar surface area (TPSA) is 54.2 Å². The van der Waals surface area contributed by atoms with E-state index in [1.54, 1.807) is 18.2 Å². The van der Waals surface area contributed by atoms with E-state index in [-0.39, 0.29) is 0 Å². The largest absolute Gasteiger partial charge is 0.398 e. The Bertz CT molecular complexity index is 512. The van der Waals surface area contributed by atoms with Crippen LogP contribution >= 0.6 is 0 Å². The average Bonchev–Trinajstić information content (AvgIpc) is 2.29. The van der Waals surface area contributed by atoms with Gasteiger partial charge in [0.2, 0.25) is 5.39 Å². The van der Waals surface area contributed by atoms with E-state index in [0.717, 1.165) is 11.1 Å². The van der Waals surface area contributed by atoms with Crippen molar-refractivity contribution in [2.75, 3.05) is 5.73 Å². The third kappa shape index (κ3) is 1.65. The lowest BCUT2D eigenvalue weighted by molar-refractivity contribution is 1.46. The van der Waals surface area contributed by atoms with Crippen molar-refractivity contribution in [1.82, 2.24) is 0 Å². The molecule has 0 amide bonds. The van der Waals surface area contributed by atoms with Crippen molar-refractivity contribution in [3.8, 4) is 11.1 Å². The molecular weight excluding hydrogens is 186 g/mol. The average molecular weight is 196 g/mol. The number of nitrogens with zero attached hydrogens (tertiary/aromatic N) is 2. The number of diazo groups is 1. The van der Waals surface area contributed by atoms with Gasteiger partial charge in [-0.2, -0.15) is 0 Å². The normalized spacial score (nSPS) is 9.53. The van der Waals surface area contributed by atoms with Crippen molar-refractivity contribution in [3.05, 3.63) is 53.5 Å². The van der Waals surface area contributed by atoms with Gasteiger partial charge in [-0.3, -0.25) is 0 Å². The maximum absolute atomic E-state index is 8.87. The summed E-state index contributed by atoms with van der Waals surface area (Å²) in [6.07, 6.45) is 0. The smallest absolute Gasteiger partial charge is 0.394 e. The predicted molar refractivity (Wildman–Crippen MR) is 61.0 cm³/mol. The van der Waals surface area contributed by atoms with Crippen molar-refractivity contribution in [3.63, 3.8) is 0 Å². The number of hydrogen-bond acceptors (Lipinski definition) is 2. The molecular formula is C12H10N3+. The SMILES string of the molecule is N#[N+]c1cccc(N)c1-c1ccccc1. The van der Waals surface area contributed by atoms with E-state index in [4.69, 9.17) is 11.1 Å². The highest BCUT2D eigenvalue weighted by Gasteiger charge is 2.17. The molecule has 0 fully saturated rings. The van der Waals surface area contributed by atoms with Gasteiger partial charge in [-0.15, -0.1) is 0 Å². The van der Waals surface area contributed by atoms with E-state index in [1.165, 1.54) is 0 Å². The highest BCUT2D eigenvalue weighted by atomic mass is 14.9. The second kappa shape index (κ2) is 3.81. The molecule has 0 heterocycles. The Balaban J connectivity index is 2.68. The molecule has 3 nitrogen and oxygen atoms in total. The van der Waals surface area contributed by atoms with E-state index in [0.29, 0.717) is 11.4 Å². The molecule has 0 atom stereocenters. The van der Waals surface area contributed by atoms with Crippen LogP contribution in [0.4, 0.5) is 11.4 Å². The molecule has 0 unspecified atom stereocenters. The quantitative estimate of drug-likeness (QED) is 0.561. The van der Waals surface area contributed by atoms with Gasteiger partial charge >= 0.3 is 5.69 Å². The van der Waals surface area contributed by atoms with Crippen LogP contribution in [0.15, 0.2) is 48.5 Å². The van der Waals surface area contributed by atoms with Crippen LogP contribution in [-0.2, 0) is 0 Å². The first kappa shape index (κ1) is 9.22. The van der Waals surface area contributed by atoms with Gasteiger partial charge < -0.3 is 5.73 Å². The third-order valence-corrected chi connectivity index (χ3v) is 2.24. The molecule has 2 aromatic carbocycles. The van der Waals surface area contributed by atoms with Gasteiger partial charge in [0.05, 0.1) is 0 Å². The van der Waals surface area contributed by atoms with Crippen LogP contribution in [-0.4, -0.2) is 0 Å². The summed E-state index contributed by atoms with van der Waals surface area (Å²) in [5.41, 5.74) is 8.66. The van der Waals surface area contributed by atoms with Gasteiger partial charge in [0, 0.05) is 11.8 Å². The van der Waals surface area contributed by atoms with Crippen LogP contribution in [0.25, 0.3) is 16.1 Å². The predicted octanol–water partition coefficient (Wildman–Crippen LogP) is 3.42. The minimum Gasteiger partial charge on any atom is -0.398 e. The highest BCUT2D eigenvalue weighted by molar-refractivity contribution is 5.87. The van der Waals surface area contributed by atoms with E-state index in [9.17, 15) is 0 Å². The lowest BCUT2D eigenvalue weighted by Gasteiger charge is -2.01. The van der Waals surface area contributed by atoms with Crippen LogP contribution in [0.1, 0.15) is 0 Å². The van der Waals surface area contributed by atoms with Crippen molar-refractivity contribution in [1.29, 1.82) is 5.39 Å². The van der Waals surface area contributed by atoms with Crippen molar-refractivity contribution >= 4 is 11.4 Å². The Morgan fingerprint density at radius 3 is 2.33 bits per heavy atom. The Kier molecular flexibility index (Phi) is 2.34. The summed E-state index contributed by atoms with van der Waals surface area (Å²) in [6.45, 7) is 0. The summed E-state index contributed by atoms with van der Waals surface area (Å²) in [5.74, 6) is 0. The molecule has 0 spiro atoms. The number of nitrogens with two attached hydrogens (primary N) is 1. The number of nitrogen functional groups attached to an aromatic ring is 1. The van der Waals surface area contributed by atoms with Crippen LogP contribution in [0.2, 0.25) is 0 Å². The standard InChI is InChI=1S/C12H10N3/c13-10-7-4-8-11(15-14)12(10)9-5-2-1-3-6-9/h1-8H,13H2/q+1. The molecule has 0 radical (unpaired) electrons. The molecule has 3 heteroatoms. The molecule has 2 rings (SSSR count). The van der Waals surface area contributed by atoms with Crippen molar-refractivity contribution < 1.29 is 0 Å². The zero-order chi connectivity index (χ0) is 10.7. The zero-order valence-corrected chi connectivity index (χ0v) is 8.09. The van der Waals surface area contributed by atoms with E-state index < -0.39 is 0 Å². The molecule has 2 N–H and O–H groups in total. The summed E-state index contributed by atoms with van der Waals surface area (Å²) in [5, 5.41) is 8.87. The maximum atomic E-state index is 8.87. The first-order valence-electron chi connectivity index (χ1n) is 4.62. The minimum atomic E-state index is 0.487. The molecule has 0 saturated carbocycles. The van der Waals surface area contributed by atoms with Crippen LogP contribution in [0, 0.1) is 5.39 Å². The first-order chi connectivity index (χ1) is 7.33. The summed E-state index contributed by atoms with van der Waals surface area (Å²) >= 11 is 0. The third-order valence-electron chi connectivity index (χ3n) is 2.24. The highest BCUT2D eigenvalue weighted by Crippen LogP contribution is 2.34. The van der Waals surface area contributed by atoms with Crippen molar-refractivity contribution in [2.45, 2.75) is 0 Å². The van der Waals surface area contributed by atoms with Gasteiger partial charge in [0.25, 0.3) is 0 Å². The van der Waals surface area contributed by atoms with Gasteiger partial charge in [-0.05, 0) is 11.6 Å². The van der Waals surface area contributed by atoms with Gasteiger partial charge in [0.15, 0.2) is 4.98 Å². The fraction of sp³-hybridized carbons (Fsp3) is 0. The summed E-state index contributed by atoms with van der Waals surface area (Å²) < 4.78 is 0. The lowest BCUT2D eigenvalue weighted by atomic mass is 10.0. The fourth-order valence-electron chi connectivity index (χ4n) is 1.56. The molecule has 0 saturated heterocycles. The van der Waals surface area contributed by atoms with E-state index in [2.05, 4.69) is 4.98 Å². The molecule has 0 aliphatic rings. The Morgan fingerprint density at radius 1 is 0.933 bits per heavy atom. The molecule has 0 aliphatic carbocycles. The van der Waals surface area contributed by atoms with Gasteiger partial charge in [0.1, 0.15) is 5.56 Å². The first-order valence-corrected chi connectivity index (χ1v) is 4.62. The molecule has 15 heavy (non-hydrogen) atoms. The van der Waals surface area contributed by atoms with Gasteiger partial charge in [-0.25, -0.2) is 0 Å². The van der Waals surface area contributed by atoms with E-state index >= 15 is 0 Å². The Labute approximate surface area is 87.8 Å². The lowest BCUT2D eigenvalue weighted by Crippen LogP contribution is -1.89. The summed E-state index contributed by atoms with van der Waals surface area (Å²) in [6, 6.07) is 14.9. The van der Waals surface area contributed by atoms with Gasteiger partial charge in [-0.1, -0.05) is 36.4 Å². The number of benzene rings is 2. The number of rotatable bonds is 1. The molecule has 72 valence electrons. The van der Waals surface area contributed by atoms with Crippen molar-refractivity contribution in [2.24, 2.45) is 0 Å². The number of hydrogen-bond donors (Lipinski definition) is 1. The summed E-state index contributed by atoms with van der Waals surface area (Å²) in [4.78, 5) is 3.23. The molecule has 0 aromatic heterocycles. The fourth-order valence-corrected chi connectivity index (χ4v) is 1.56. The van der Waals surface area contributed by atoms with Crippen LogP contribution in [0.3, 0.4) is 0 Å². The Hall–Kier alpha value is -2.34. The molecule has 0 bridgehead atoms. The second-order valence-corrected chi connectivity index (χ2v) is 3.21. The maximum Gasteiger partial charge on any atom is 0.394 e. The monoisotopic (exact) mass is 196 g/mol. The van der Waals surface area contributed by atoms with E-state index in [1.807, 2.05) is 30.3 Å².